The summed E-state index contributed by atoms with van der Waals surface area (Å²) >= 11 is 0. The molecule has 1 aromatic carbocycles. The predicted octanol–water partition coefficient (Wildman–Crippen LogP) is 2.49. The molecular formula is C16H24IN3O3. The highest BCUT2D eigenvalue weighted by Crippen LogP contribution is 2.32. The van der Waals surface area contributed by atoms with Gasteiger partial charge in [-0.1, -0.05) is 6.92 Å². The molecule has 0 aromatic heterocycles. The van der Waals surface area contributed by atoms with E-state index in [0.29, 0.717) is 13.2 Å². The van der Waals surface area contributed by atoms with E-state index in [-0.39, 0.29) is 29.4 Å². The smallest absolute Gasteiger partial charge is 0.195 e. The van der Waals surface area contributed by atoms with Gasteiger partial charge in [0.1, 0.15) is 0 Å². The van der Waals surface area contributed by atoms with Crippen molar-refractivity contribution < 1.29 is 14.2 Å². The minimum absolute atomic E-state index is 0. The summed E-state index contributed by atoms with van der Waals surface area (Å²) in [4.78, 5) is 4.26. The summed E-state index contributed by atoms with van der Waals surface area (Å²) in [6, 6.07) is 5.84. The molecule has 23 heavy (non-hydrogen) atoms. The van der Waals surface area contributed by atoms with Crippen LogP contribution in [0.15, 0.2) is 23.2 Å². The Balaban J connectivity index is 0.00000192. The first-order valence-corrected chi connectivity index (χ1v) is 7.64. The number of ether oxygens (including phenoxy) is 3. The van der Waals surface area contributed by atoms with E-state index in [2.05, 4.69) is 22.5 Å². The lowest BCUT2D eigenvalue weighted by atomic mass is 9.89. The number of rotatable bonds is 3. The molecule has 0 unspecified atom stereocenters. The van der Waals surface area contributed by atoms with Crippen LogP contribution in [0.5, 0.6) is 11.5 Å². The Morgan fingerprint density at radius 1 is 1.22 bits per heavy atom. The zero-order valence-corrected chi connectivity index (χ0v) is 15.9. The van der Waals surface area contributed by atoms with Gasteiger partial charge >= 0.3 is 0 Å². The summed E-state index contributed by atoms with van der Waals surface area (Å²) in [5.74, 6) is 2.31. The molecule has 128 valence electrons. The van der Waals surface area contributed by atoms with Crippen LogP contribution in [-0.4, -0.2) is 46.0 Å². The third kappa shape index (κ3) is 4.63. The second-order valence-corrected chi connectivity index (χ2v) is 6.07. The molecule has 2 heterocycles. The number of fused-ring (bicyclic) bond motifs is 1. The second-order valence-electron chi connectivity index (χ2n) is 6.07. The number of guanidine groups is 1. The minimum Gasteiger partial charge on any atom is -0.490 e. The van der Waals surface area contributed by atoms with E-state index in [1.807, 2.05) is 18.2 Å². The number of anilines is 1. The Kier molecular flexibility index (Phi) is 6.34. The molecular weight excluding hydrogens is 409 g/mol. The highest BCUT2D eigenvalue weighted by molar-refractivity contribution is 14.0. The number of halogens is 1. The summed E-state index contributed by atoms with van der Waals surface area (Å²) in [6.07, 6.45) is 0.904. The van der Waals surface area contributed by atoms with E-state index in [1.54, 1.807) is 7.05 Å². The highest BCUT2D eigenvalue weighted by Gasteiger charge is 2.33. The van der Waals surface area contributed by atoms with Gasteiger partial charge in [-0.25, -0.2) is 0 Å². The normalized spacial score (nSPS) is 19.0. The average molecular weight is 433 g/mol. The van der Waals surface area contributed by atoms with Crippen molar-refractivity contribution in [1.82, 2.24) is 5.32 Å². The Hall–Kier alpha value is -1.22. The predicted molar refractivity (Wildman–Crippen MR) is 101 cm³/mol. The molecule has 0 atom stereocenters. The maximum atomic E-state index is 5.70. The molecule has 6 nitrogen and oxygen atoms in total. The van der Waals surface area contributed by atoms with Crippen molar-refractivity contribution in [3.63, 3.8) is 0 Å². The molecule has 0 saturated carbocycles. The number of nitrogens with zero attached hydrogens (tertiary/aromatic N) is 1. The number of nitrogens with one attached hydrogen (secondary N) is 2. The molecule has 2 N–H and O–H groups in total. The van der Waals surface area contributed by atoms with Crippen molar-refractivity contribution in [3.8, 4) is 11.5 Å². The summed E-state index contributed by atoms with van der Waals surface area (Å²) in [7, 11) is 1.76. The zero-order chi connectivity index (χ0) is 15.4. The van der Waals surface area contributed by atoms with Crippen molar-refractivity contribution in [2.24, 2.45) is 10.4 Å². The third-order valence-electron chi connectivity index (χ3n) is 3.82. The molecule has 1 fully saturated rings. The lowest BCUT2D eigenvalue weighted by Gasteiger charge is -2.38. The quantitative estimate of drug-likeness (QED) is 0.436. The van der Waals surface area contributed by atoms with E-state index < -0.39 is 0 Å². The lowest BCUT2D eigenvalue weighted by molar-refractivity contribution is -0.0970. The van der Waals surface area contributed by atoms with E-state index >= 15 is 0 Å². The standard InChI is InChI=1S/C16H23N3O3.HI/c1-16(10-20-11-16)9-18-15(17-2)19-12-4-5-13-14(8-12)22-7-3-6-21-13;/h4-5,8H,3,6-7,9-11H2,1-2H3,(H2,17,18,19);1H. The highest BCUT2D eigenvalue weighted by atomic mass is 127. The first-order valence-electron chi connectivity index (χ1n) is 7.64. The molecule has 0 spiro atoms. The van der Waals surface area contributed by atoms with Gasteiger partial charge in [0.25, 0.3) is 0 Å². The van der Waals surface area contributed by atoms with Crippen LogP contribution >= 0.6 is 24.0 Å². The van der Waals surface area contributed by atoms with Gasteiger partial charge in [0.15, 0.2) is 17.5 Å². The Morgan fingerprint density at radius 2 is 1.96 bits per heavy atom. The molecule has 0 bridgehead atoms. The maximum Gasteiger partial charge on any atom is 0.195 e. The zero-order valence-electron chi connectivity index (χ0n) is 13.6. The second kappa shape index (κ2) is 8.05. The molecule has 0 amide bonds. The van der Waals surface area contributed by atoms with Crippen LogP contribution in [0.25, 0.3) is 0 Å². The van der Waals surface area contributed by atoms with Crippen LogP contribution < -0.4 is 20.1 Å². The van der Waals surface area contributed by atoms with E-state index in [0.717, 1.165) is 49.3 Å². The largest absolute Gasteiger partial charge is 0.490 e. The number of benzene rings is 1. The molecule has 1 aromatic rings. The molecule has 2 aliphatic heterocycles. The number of hydrogen-bond donors (Lipinski definition) is 2. The van der Waals surface area contributed by atoms with Crippen LogP contribution in [0.1, 0.15) is 13.3 Å². The summed E-state index contributed by atoms with van der Waals surface area (Å²) in [5.41, 5.74) is 1.12. The summed E-state index contributed by atoms with van der Waals surface area (Å²) < 4.78 is 16.6. The Bertz CT molecular complexity index is 562. The molecule has 3 rings (SSSR count). The maximum absolute atomic E-state index is 5.70. The van der Waals surface area contributed by atoms with Gasteiger partial charge in [0, 0.05) is 37.2 Å². The van der Waals surface area contributed by atoms with Crippen molar-refractivity contribution >= 4 is 35.6 Å². The molecule has 0 radical (unpaired) electrons. The third-order valence-corrected chi connectivity index (χ3v) is 3.82. The van der Waals surface area contributed by atoms with E-state index in [9.17, 15) is 0 Å². The van der Waals surface area contributed by atoms with Gasteiger partial charge in [0.05, 0.1) is 26.4 Å². The van der Waals surface area contributed by atoms with Crippen LogP contribution in [0, 0.1) is 5.41 Å². The van der Waals surface area contributed by atoms with Gasteiger partial charge in [-0.3, -0.25) is 4.99 Å². The van der Waals surface area contributed by atoms with Gasteiger partial charge in [-0.2, -0.15) is 0 Å². The van der Waals surface area contributed by atoms with Gasteiger partial charge in [0.2, 0.25) is 0 Å². The fourth-order valence-electron chi connectivity index (χ4n) is 2.41. The lowest BCUT2D eigenvalue weighted by Crippen LogP contribution is -2.49. The molecule has 7 heteroatoms. The number of aliphatic imine (C=N–C) groups is 1. The topological polar surface area (TPSA) is 64.1 Å². The molecule has 1 saturated heterocycles. The van der Waals surface area contributed by atoms with Crippen molar-refractivity contribution in [3.05, 3.63) is 18.2 Å². The van der Waals surface area contributed by atoms with Crippen LogP contribution in [-0.2, 0) is 4.74 Å². The van der Waals surface area contributed by atoms with Crippen molar-refractivity contribution in [2.75, 3.05) is 45.3 Å². The fraction of sp³-hybridized carbons (Fsp3) is 0.562. The van der Waals surface area contributed by atoms with Crippen LogP contribution in [0.2, 0.25) is 0 Å². The number of hydrogen-bond acceptors (Lipinski definition) is 4. The van der Waals surface area contributed by atoms with Crippen LogP contribution in [0.3, 0.4) is 0 Å². The SMILES string of the molecule is CN=C(NCC1(C)COC1)Nc1ccc2c(c1)OCCCO2.I. The van der Waals surface area contributed by atoms with E-state index in [4.69, 9.17) is 14.2 Å². The Labute approximate surface area is 154 Å². The molecule has 2 aliphatic rings. The monoisotopic (exact) mass is 433 g/mol. The Morgan fingerprint density at radius 3 is 2.61 bits per heavy atom. The average Bonchev–Trinajstić information content (AvgIpc) is 2.74. The first kappa shape index (κ1) is 18.1. The van der Waals surface area contributed by atoms with Crippen LogP contribution in [0.4, 0.5) is 5.69 Å². The van der Waals surface area contributed by atoms with Gasteiger partial charge < -0.3 is 24.8 Å². The van der Waals surface area contributed by atoms with Gasteiger partial charge in [-0.15, -0.1) is 24.0 Å². The van der Waals surface area contributed by atoms with Crippen molar-refractivity contribution in [2.45, 2.75) is 13.3 Å². The van der Waals surface area contributed by atoms with Gasteiger partial charge in [-0.05, 0) is 12.1 Å². The van der Waals surface area contributed by atoms with E-state index in [1.165, 1.54) is 0 Å². The van der Waals surface area contributed by atoms with Crippen molar-refractivity contribution in [1.29, 1.82) is 0 Å². The summed E-state index contributed by atoms with van der Waals surface area (Å²) in [6.45, 7) is 6.00. The first-order chi connectivity index (χ1) is 10.7. The summed E-state index contributed by atoms with van der Waals surface area (Å²) in [5, 5.41) is 6.62. The molecule has 0 aliphatic carbocycles. The fourth-order valence-corrected chi connectivity index (χ4v) is 2.41. The minimum atomic E-state index is 0.